The molecule has 0 saturated carbocycles. The third kappa shape index (κ3) is 4.41. The molecule has 1 aliphatic heterocycles. The zero-order valence-electron chi connectivity index (χ0n) is 14.4. The molecular weight excluding hydrogens is 302 g/mol. The Hall–Kier alpha value is -1.76. The van der Waals surface area contributed by atoms with Crippen molar-refractivity contribution >= 4 is 0 Å². The van der Waals surface area contributed by atoms with Gasteiger partial charge in [0, 0.05) is 38.8 Å². The van der Waals surface area contributed by atoms with Gasteiger partial charge in [0.15, 0.2) is 0 Å². The van der Waals surface area contributed by atoms with Crippen LogP contribution in [0, 0.1) is 0 Å². The van der Waals surface area contributed by atoms with Crippen molar-refractivity contribution in [3.63, 3.8) is 0 Å². The van der Waals surface area contributed by atoms with E-state index >= 15 is 0 Å². The summed E-state index contributed by atoms with van der Waals surface area (Å²) in [7, 11) is 2.17. The molecule has 1 aliphatic rings. The van der Waals surface area contributed by atoms with Gasteiger partial charge in [-0.2, -0.15) is 15.0 Å². The monoisotopic (exact) mass is 329 g/mol. The SMILES string of the molecule is CN(CCCO)C1CCN(Cc2cnn(-c3ccccc3)n2)CC1. The van der Waals surface area contributed by atoms with Gasteiger partial charge in [-0.15, -0.1) is 0 Å². The van der Waals surface area contributed by atoms with Crippen molar-refractivity contribution in [2.75, 3.05) is 33.3 Å². The first-order valence-corrected chi connectivity index (χ1v) is 8.76. The minimum absolute atomic E-state index is 0.278. The Morgan fingerprint density at radius 2 is 1.96 bits per heavy atom. The van der Waals surface area contributed by atoms with Crippen molar-refractivity contribution in [2.45, 2.75) is 31.8 Å². The predicted molar refractivity (Wildman–Crippen MR) is 94.0 cm³/mol. The average Bonchev–Trinajstić information content (AvgIpc) is 3.09. The number of piperidine rings is 1. The Kier molecular flexibility index (Phi) is 5.96. The Morgan fingerprint density at radius 3 is 2.67 bits per heavy atom. The number of rotatable bonds is 7. The second kappa shape index (κ2) is 8.37. The van der Waals surface area contributed by atoms with Gasteiger partial charge in [-0.3, -0.25) is 4.90 Å². The zero-order chi connectivity index (χ0) is 16.8. The molecular formula is C18H27N5O. The van der Waals surface area contributed by atoms with Crippen molar-refractivity contribution in [3.8, 4) is 5.69 Å². The molecule has 6 heteroatoms. The largest absolute Gasteiger partial charge is 0.396 e. The van der Waals surface area contributed by atoms with E-state index in [1.54, 1.807) is 4.80 Å². The summed E-state index contributed by atoms with van der Waals surface area (Å²) in [5.41, 5.74) is 2.01. The fourth-order valence-corrected chi connectivity index (χ4v) is 3.30. The van der Waals surface area contributed by atoms with E-state index < -0.39 is 0 Å². The number of hydrogen-bond acceptors (Lipinski definition) is 5. The Morgan fingerprint density at radius 1 is 1.21 bits per heavy atom. The summed E-state index contributed by atoms with van der Waals surface area (Å²) in [4.78, 5) is 6.54. The first-order valence-electron chi connectivity index (χ1n) is 8.76. The fraction of sp³-hybridized carbons (Fsp3) is 0.556. The van der Waals surface area contributed by atoms with E-state index in [2.05, 4.69) is 27.0 Å². The second-order valence-electron chi connectivity index (χ2n) is 6.53. The van der Waals surface area contributed by atoms with Gasteiger partial charge in [-0.05, 0) is 38.4 Å². The molecule has 0 bridgehead atoms. The van der Waals surface area contributed by atoms with Crippen LogP contribution in [0.5, 0.6) is 0 Å². The highest BCUT2D eigenvalue weighted by atomic mass is 16.3. The molecule has 0 unspecified atom stereocenters. The first kappa shape index (κ1) is 17.1. The fourth-order valence-electron chi connectivity index (χ4n) is 3.30. The molecule has 0 aliphatic carbocycles. The zero-order valence-corrected chi connectivity index (χ0v) is 14.4. The summed E-state index contributed by atoms with van der Waals surface area (Å²) in [6, 6.07) is 10.6. The van der Waals surface area contributed by atoms with E-state index in [-0.39, 0.29) is 6.61 Å². The Labute approximate surface area is 143 Å². The van der Waals surface area contributed by atoms with Crippen LogP contribution in [0.2, 0.25) is 0 Å². The van der Waals surface area contributed by atoms with E-state index in [0.717, 1.165) is 44.0 Å². The second-order valence-corrected chi connectivity index (χ2v) is 6.53. The minimum atomic E-state index is 0.278. The maximum Gasteiger partial charge on any atom is 0.0971 e. The lowest BCUT2D eigenvalue weighted by Crippen LogP contribution is -2.43. The van der Waals surface area contributed by atoms with Crippen LogP contribution in [0.1, 0.15) is 25.0 Å². The van der Waals surface area contributed by atoms with Crippen LogP contribution in [0.25, 0.3) is 5.69 Å². The number of likely N-dealkylation sites (tertiary alicyclic amines) is 1. The van der Waals surface area contributed by atoms with Gasteiger partial charge in [0.25, 0.3) is 0 Å². The molecule has 1 N–H and O–H groups in total. The molecule has 2 aromatic rings. The van der Waals surface area contributed by atoms with Crippen LogP contribution < -0.4 is 0 Å². The molecule has 0 radical (unpaired) electrons. The summed E-state index contributed by atoms with van der Waals surface area (Å²) in [5, 5.41) is 17.9. The Bertz CT molecular complexity index is 607. The maximum atomic E-state index is 8.95. The highest BCUT2D eigenvalue weighted by molar-refractivity contribution is 5.28. The lowest BCUT2D eigenvalue weighted by molar-refractivity contribution is 0.116. The van der Waals surface area contributed by atoms with Crippen LogP contribution in [0.3, 0.4) is 0 Å². The highest BCUT2D eigenvalue weighted by Gasteiger charge is 2.22. The van der Waals surface area contributed by atoms with Crippen LogP contribution in [0.15, 0.2) is 36.5 Å². The van der Waals surface area contributed by atoms with Crippen LogP contribution >= 0.6 is 0 Å². The number of aliphatic hydroxyl groups excluding tert-OH is 1. The molecule has 1 fully saturated rings. The van der Waals surface area contributed by atoms with Gasteiger partial charge in [0.2, 0.25) is 0 Å². The summed E-state index contributed by atoms with van der Waals surface area (Å²) in [5.74, 6) is 0. The van der Waals surface area contributed by atoms with Crippen molar-refractivity contribution in [1.29, 1.82) is 0 Å². The van der Waals surface area contributed by atoms with Gasteiger partial charge < -0.3 is 10.0 Å². The van der Waals surface area contributed by atoms with Gasteiger partial charge in [0.05, 0.1) is 17.6 Å². The standard InChI is InChI=1S/C18H27N5O/c1-21(10-5-13-24)17-8-11-22(12-9-17)15-16-14-19-23(20-16)18-6-3-2-4-7-18/h2-4,6-7,14,17,24H,5,8-13,15H2,1H3. The molecule has 2 heterocycles. The molecule has 1 aromatic heterocycles. The van der Waals surface area contributed by atoms with Crippen molar-refractivity contribution < 1.29 is 5.11 Å². The lowest BCUT2D eigenvalue weighted by Gasteiger charge is -2.36. The van der Waals surface area contributed by atoms with E-state index in [0.29, 0.717) is 6.04 Å². The highest BCUT2D eigenvalue weighted by Crippen LogP contribution is 2.17. The van der Waals surface area contributed by atoms with Crippen LogP contribution in [-0.4, -0.2) is 69.2 Å². The third-order valence-corrected chi connectivity index (χ3v) is 4.76. The molecule has 0 spiro atoms. The molecule has 6 nitrogen and oxygen atoms in total. The number of nitrogens with zero attached hydrogens (tertiary/aromatic N) is 5. The van der Waals surface area contributed by atoms with E-state index in [1.807, 2.05) is 36.5 Å². The number of benzene rings is 1. The summed E-state index contributed by atoms with van der Waals surface area (Å²) < 4.78 is 0. The molecule has 0 amide bonds. The Balaban J connectivity index is 1.49. The minimum Gasteiger partial charge on any atom is -0.396 e. The molecule has 0 atom stereocenters. The number of para-hydroxylation sites is 1. The van der Waals surface area contributed by atoms with Gasteiger partial charge in [-0.25, -0.2) is 0 Å². The molecule has 3 rings (SSSR count). The van der Waals surface area contributed by atoms with E-state index in [9.17, 15) is 0 Å². The molecule has 24 heavy (non-hydrogen) atoms. The number of aromatic nitrogens is 3. The topological polar surface area (TPSA) is 57.4 Å². The molecule has 1 saturated heterocycles. The van der Waals surface area contributed by atoms with Crippen molar-refractivity contribution in [1.82, 2.24) is 24.8 Å². The quantitative estimate of drug-likeness (QED) is 0.835. The van der Waals surface area contributed by atoms with Gasteiger partial charge in [-0.1, -0.05) is 18.2 Å². The maximum absolute atomic E-state index is 8.95. The van der Waals surface area contributed by atoms with E-state index in [1.165, 1.54) is 12.8 Å². The lowest BCUT2D eigenvalue weighted by atomic mass is 10.0. The van der Waals surface area contributed by atoms with E-state index in [4.69, 9.17) is 5.11 Å². The summed E-state index contributed by atoms with van der Waals surface area (Å²) in [6.45, 7) is 4.30. The van der Waals surface area contributed by atoms with Crippen LogP contribution in [-0.2, 0) is 6.54 Å². The van der Waals surface area contributed by atoms with Gasteiger partial charge in [0.1, 0.15) is 0 Å². The molecule has 130 valence electrons. The molecule has 1 aromatic carbocycles. The first-order chi connectivity index (χ1) is 11.8. The predicted octanol–water partition coefficient (Wildman–Crippen LogP) is 1.55. The van der Waals surface area contributed by atoms with Crippen molar-refractivity contribution in [3.05, 3.63) is 42.2 Å². The average molecular weight is 329 g/mol. The van der Waals surface area contributed by atoms with Gasteiger partial charge >= 0.3 is 0 Å². The summed E-state index contributed by atoms with van der Waals surface area (Å²) in [6.07, 6.45) is 5.08. The third-order valence-electron chi connectivity index (χ3n) is 4.76. The smallest absolute Gasteiger partial charge is 0.0971 e. The van der Waals surface area contributed by atoms with Crippen molar-refractivity contribution in [2.24, 2.45) is 0 Å². The summed E-state index contributed by atoms with van der Waals surface area (Å²) >= 11 is 0. The van der Waals surface area contributed by atoms with Crippen LogP contribution in [0.4, 0.5) is 0 Å². The normalized spacial score (nSPS) is 16.8. The number of aliphatic hydroxyl groups is 1. The number of hydrogen-bond donors (Lipinski definition) is 1.